The van der Waals surface area contributed by atoms with Crippen molar-refractivity contribution in [2.24, 2.45) is 0 Å². The predicted octanol–water partition coefficient (Wildman–Crippen LogP) is 1.90. The second-order valence-corrected chi connectivity index (χ2v) is 4.20. The highest BCUT2D eigenvalue weighted by molar-refractivity contribution is 5.08. The first-order valence-corrected chi connectivity index (χ1v) is 4.60. The van der Waals surface area contributed by atoms with Crippen molar-refractivity contribution in [1.29, 1.82) is 0 Å². The SMILES string of the molecule is CC(C)(C)c1coc(CCCO)n1. The van der Waals surface area contributed by atoms with Crippen molar-refractivity contribution in [3.05, 3.63) is 17.8 Å². The number of nitrogens with zero attached hydrogens (tertiary/aromatic N) is 1. The van der Waals surface area contributed by atoms with E-state index in [1.807, 2.05) is 0 Å². The highest BCUT2D eigenvalue weighted by atomic mass is 16.3. The Kier molecular flexibility index (Phi) is 3.09. The van der Waals surface area contributed by atoms with Crippen LogP contribution >= 0.6 is 0 Å². The fourth-order valence-corrected chi connectivity index (χ4v) is 1.00. The van der Waals surface area contributed by atoms with E-state index >= 15 is 0 Å². The van der Waals surface area contributed by atoms with Crippen molar-refractivity contribution in [2.75, 3.05) is 6.61 Å². The van der Waals surface area contributed by atoms with E-state index in [1.54, 1.807) is 6.26 Å². The molecule has 3 heteroatoms. The Bertz CT molecular complexity index is 260. The minimum atomic E-state index is 0.0426. The van der Waals surface area contributed by atoms with Crippen LogP contribution in [0.4, 0.5) is 0 Å². The molecule has 0 bridgehead atoms. The van der Waals surface area contributed by atoms with E-state index in [4.69, 9.17) is 9.52 Å². The Morgan fingerprint density at radius 2 is 2.15 bits per heavy atom. The number of aliphatic hydroxyl groups is 1. The van der Waals surface area contributed by atoms with Crippen LogP contribution in [0, 0.1) is 0 Å². The maximum atomic E-state index is 8.62. The van der Waals surface area contributed by atoms with Crippen LogP contribution in [0.25, 0.3) is 0 Å². The topological polar surface area (TPSA) is 46.3 Å². The summed E-state index contributed by atoms with van der Waals surface area (Å²) in [5.74, 6) is 0.721. The number of aryl methyl sites for hydroxylation is 1. The smallest absolute Gasteiger partial charge is 0.194 e. The lowest BCUT2D eigenvalue weighted by Crippen LogP contribution is -2.11. The molecule has 0 aliphatic heterocycles. The Labute approximate surface area is 78.8 Å². The standard InChI is InChI=1S/C10H17NO2/c1-10(2,3)8-7-13-9(11-8)5-4-6-12/h7,12H,4-6H2,1-3H3. The first-order valence-electron chi connectivity index (χ1n) is 4.60. The molecule has 0 saturated carbocycles. The third-order valence-corrected chi connectivity index (χ3v) is 1.87. The Balaban J connectivity index is 2.64. The molecular formula is C10H17NO2. The number of oxazole rings is 1. The van der Waals surface area contributed by atoms with Gasteiger partial charge >= 0.3 is 0 Å². The van der Waals surface area contributed by atoms with Gasteiger partial charge in [0.15, 0.2) is 5.89 Å². The van der Waals surface area contributed by atoms with Gasteiger partial charge in [0.2, 0.25) is 0 Å². The lowest BCUT2D eigenvalue weighted by Gasteiger charge is -2.12. The van der Waals surface area contributed by atoms with Gasteiger partial charge in [-0.1, -0.05) is 20.8 Å². The van der Waals surface area contributed by atoms with Gasteiger partial charge in [-0.2, -0.15) is 0 Å². The van der Waals surface area contributed by atoms with E-state index < -0.39 is 0 Å². The van der Waals surface area contributed by atoms with E-state index in [2.05, 4.69) is 25.8 Å². The molecule has 0 aliphatic carbocycles. The largest absolute Gasteiger partial charge is 0.449 e. The van der Waals surface area contributed by atoms with Crippen molar-refractivity contribution in [3.8, 4) is 0 Å². The molecule has 0 amide bonds. The Hall–Kier alpha value is -0.830. The summed E-state index contributed by atoms with van der Waals surface area (Å²) in [6, 6.07) is 0. The minimum absolute atomic E-state index is 0.0426. The van der Waals surface area contributed by atoms with E-state index in [0.29, 0.717) is 12.8 Å². The quantitative estimate of drug-likeness (QED) is 0.778. The van der Waals surface area contributed by atoms with Crippen molar-refractivity contribution in [3.63, 3.8) is 0 Å². The first kappa shape index (κ1) is 10.3. The third-order valence-electron chi connectivity index (χ3n) is 1.87. The summed E-state index contributed by atoms with van der Waals surface area (Å²) >= 11 is 0. The van der Waals surface area contributed by atoms with Crippen LogP contribution in [-0.4, -0.2) is 16.7 Å². The van der Waals surface area contributed by atoms with Crippen LogP contribution in [0.3, 0.4) is 0 Å². The molecule has 1 aromatic heterocycles. The highest BCUT2D eigenvalue weighted by Crippen LogP contribution is 2.21. The molecule has 3 nitrogen and oxygen atoms in total. The van der Waals surface area contributed by atoms with E-state index in [-0.39, 0.29) is 12.0 Å². The average Bonchev–Trinajstić information content (AvgIpc) is 2.47. The van der Waals surface area contributed by atoms with Crippen LogP contribution in [0.1, 0.15) is 38.8 Å². The first-order chi connectivity index (χ1) is 6.04. The maximum Gasteiger partial charge on any atom is 0.194 e. The van der Waals surface area contributed by atoms with Gasteiger partial charge in [-0.25, -0.2) is 4.98 Å². The molecule has 0 fully saturated rings. The van der Waals surface area contributed by atoms with Crippen LogP contribution < -0.4 is 0 Å². The molecule has 0 atom stereocenters. The van der Waals surface area contributed by atoms with Gasteiger partial charge in [0.25, 0.3) is 0 Å². The van der Waals surface area contributed by atoms with Crippen LogP contribution in [0.15, 0.2) is 10.7 Å². The van der Waals surface area contributed by atoms with Gasteiger partial charge in [0.05, 0.1) is 5.69 Å². The zero-order valence-electron chi connectivity index (χ0n) is 8.50. The lowest BCUT2D eigenvalue weighted by molar-refractivity contribution is 0.283. The molecule has 1 heterocycles. The normalized spacial score (nSPS) is 12.0. The lowest BCUT2D eigenvalue weighted by atomic mass is 9.93. The number of aromatic nitrogens is 1. The van der Waals surface area contributed by atoms with Crippen LogP contribution in [-0.2, 0) is 11.8 Å². The van der Waals surface area contributed by atoms with E-state index in [0.717, 1.165) is 11.6 Å². The van der Waals surface area contributed by atoms with Crippen LogP contribution in [0.2, 0.25) is 0 Å². The van der Waals surface area contributed by atoms with Gasteiger partial charge in [0, 0.05) is 18.4 Å². The Morgan fingerprint density at radius 3 is 2.62 bits per heavy atom. The number of hydrogen-bond acceptors (Lipinski definition) is 3. The van der Waals surface area contributed by atoms with Gasteiger partial charge in [-0.3, -0.25) is 0 Å². The van der Waals surface area contributed by atoms with Crippen LogP contribution in [0.5, 0.6) is 0 Å². The summed E-state index contributed by atoms with van der Waals surface area (Å²) in [6.45, 7) is 6.48. The van der Waals surface area contributed by atoms with Gasteiger partial charge in [-0.15, -0.1) is 0 Å². The van der Waals surface area contributed by atoms with Crippen molar-refractivity contribution in [2.45, 2.75) is 39.0 Å². The van der Waals surface area contributed by atoms with Crippen molar-refractivity contribution >= 4 is 0 Å². The molecule has 1 rings (SSSR count). The molecule has 13 heavy (non-hydrogen) atoms. The number of aliphatic hydroxyl groups excluding tert-OH is 1. The van der Waals surface area contributed by atoms with Gasteiger partial charge < -0.3 is 9.52 Å². The zero-order chi connectivity index (χ0) is 9.90. The highest BCUT2D eigenvalue weighted by Gasteiger charge is 2.18. The summed E-state index contributed by atoms with van der Waals surface area (Å²) in [7, 11) is 0. The summed E-state index contributed by atoms with van der Waals surface area (Å²) in [6.07, 6.45) is 3.13. The van der Waals surface area contributed by atoms with Crippen molar-refractivity contribution < 1.29 is 9.52 Å². The summed E-state index contributed by atoms with van der Waals surface area (Å²) in [5.41, 5.74) is 1.02. The molecule has 1 aromatic rings. The molecule has 74 valence electrons. The molecule has 0 unspecified atom stereocenters. The number of rotatable bonds is 3. The molecule has 1 N–H and O–H groups in total. The predicted molar refractivity (Wildman–Crippen MR) is 50.6 cm³/mol. The van der Waals surface area contributed by atoms with Gasteiger partial charge in [0.1, 0.15) is 6.26 Å². The molecule has 0 saturated heterocycles. The third kappa shape index (κ3) is 2.84. The summed E-state index contributed by atoms with van der Waals surface area (Å²) in [4.78, 5) is 4.34. The average molecular weight is 183 g/mol. The summed E-state index contributed by atoms with van der Waals surface area (Å²) in [5, 5.41) is 8.62. The van der Waals surface area contributed by atoms with Gasteiger partial charge in [-0.05, 0) is 6.42 Å². The molecule has 0 aliphatic rings. The molecular weight excluding hydrogens is 166 g/mol. The fraction of sp³-hybridized carbons (Fsp3) is 0.700. The second kappa shape index (κ2) is 3.92. The Morgan fingerprint density at radius 1 is 1.46 bits per heavy atom. The zero-order valence-corrected chi connectivity index (χ0v) is 8.50. The maximum absolute atomic E-state index is 8.62. The molecule has 0 radical (unpaired) electrons. The van der Waals surface area contributed by atoms with Crippen molar-refractivity contribution in [1.82, 2.24) is 4.98 Å². The second-order valence-electron chi connectivity index (χ2n) is 4.20. The van der Waals surface area contributed by atoms with E-state index in [1.165, 1.54) is 0 Å². The van der Waals surface area contributed by atoms with E-state index in [9.17, 15) is 0 Å². The fourth-order valence-electron chi connectivity index (χ4n) is 1.00. The number of hydrogen-bond donors (Lipinski definition) is 1. The minimum Gasteiger partial charge on any atom is -0.449 e. The summed E-state index contributed by atoms with van der Waals surface area (Å²) < 4.78 is 5.27. The molecule has 0 aromatic carbocycles. The monoisotopic (exact) mass is 183 g/mol. The molecule has 0 spiro atoms.